The van der Waals surface area contributed by atoms with Gasteiger partial charge in [0.15, 0.2) is 0 Å². The van der Waals surface area contributed by atoms with E-state index in [0.717, 1.165) is 83.5 Å². The van der Waals surface area contributed by atoms with E-state index in [1.165, 1.54) is 0 Å². The van der Waals surface area contributed by atoms with E-state index >= 15 is 0 Å². The molecule has 0 bridgehead atoms. The molecule has 0 amide bonds. The van der Waals surface area contributed by atoms with Gasteiger partial charge in [0.05, 0.1) is 19.8 Å². The van der Waals surface area contributed by atoms with Crippen molar-refractivity contribution in [1.29, 1.82) is 0 Å². The lowest BCUT2D eigenvalue weighted by molar-refractivity contribution is -0.154. The molecule has 0 aromatic rings. The average molecular weight is 840 g/mol. The Labute approximate surface area is 356 Å². The van der Waals surface area contributed by atoms with Crippen LogP contribution in [-0.2, 0) is 32.7 Å². The number of hydrogen-bond donors (Lipinski definition) is 3. The van der Waals surface area contributed by atoms with Crippen molar-refractivity contribution in [2.24, 2.45) is 5.73 Å². The molecule has 0 aromatic heterocycles. The molecule has 0 rings (SSSR count). The fourth-order valence-corrected chi connectivity index (χ4v) is 5.49. The van der Waals surface area contributed by atoms with Crippen molar-refractivity contribution in [2.75, 3.05) is 26.4 Å². The van der Waals surface area contributed by atoms with Crippen molar-refractivity contribution in [2.45, 2.75) is 129 Å². The molecule has 0 aliphatic carbocycles. The normalized spacial score (nSPS) is 15.2. The van der Waals surface area contributed by atoms with E-state index in [4.69, 9.17) is 24.8 Å². The van der Waals surface area contributed by atoms with Gasteiger partial charge in [0, 0.05) is 13.0 Å². The van der Waals surface area contributed by atoms with Crippen LogP contribution in [-0.4, -0.2) is 60.5 Å². The third kappa shape index (κ3) is 42.1. The van der Waals surface area contributed by atoms with Gasteiger partial charge < -0.3 is 25.2 Å². The van der Waals surface area contributed by atoms with Gasteiger partial charge in [0.1, 0.15) is 12.1 Å². The lowest BCUT2D eigenvalue weighted by Crippen LogP contribution is -2.34. The topological polar surface area (TPSA) is 155 Å². The minimum Gasteiger partial charge on any atom is -0.480 e. The zero-order valence-corrected chi connectivity index (χ0v) is 36.7. The molecule has 3 atom stereocenters. The van der Waals surface area contributed by atoms with Gasteiger partial charge in [-0.1, -0.05) is 148 Å². The largest absolute Gasteiger partial charge is 0.480 e. The van der Waals surface area contributed by atoms with Crippen molar-refractivity contribution in [3.8, 4) is 0 Å². The summed E-state index contributed by atoms with van der Waals surface area (Å²) in [6.07, 6.45) is 59.6. The predicted octanol–water partition coefficient (Wildman–Crippen LogP) is 11.9. The molecule has 10 nitrogen and oxygen atoms in total. The molecule has 4 N–H and O–H groups in total. The first-order valence-corrected chi connectivity index (χ1v) is 22.7. The summed E-state index contributed by atoms with van der Waals surface area (Å²) < 4.78 is 33.2. The Morgan fingerprint density at radius 1 is 0.542 bits per heavy atom. The molecule has 59 heavy (non-hydrogen) atoms. The van der Waals surface area contributed by atoms with Crippen LogP contribution in [0.1, 0.15) is 117 Å². The minimum atomic E-state index is -4.66. The van der Waals surface area contributed by atoms with E-state index in [0.29, 0.717) is 19.4 Å². The first-order chi connectivity index (χ1) is 28.7. The summed E-state index contributed by atoms with van der Waals surface area (Å²) in [5, 5.41) is 8.89. The van der Waals surface area contributed by atoms with E-state index in [1.807, 2.05) is 6.08 Å². The summed E-state index contributed by atoms with van der Waals surface area (Å²) >= 11 is 0. The van der Waals surface area contributed by atoms with E-state index in [2.05, 4.69) is 146 Å². The van der Waals surface area contributed by atoms with E-state index in [9.17, 15) is 19.0 Å². The molecule has 0 aliphatic heterocycles. The van der Waals surface area contributed by atoms with Gasteiger partial charge in [-0.3, -0.25) is 18.6 Å². The van der Waals surface area contributed by atoms with Crippen molar-refractivity contribution >= 4 is 19.8 Å². The number of carbonyl (C=O) groups is 2. The lowest BCUT2D eigenvalue weighted by Gasteiger charge is -2.20. The monoisotopic (exact) mass is 840 g/mol. The van der Waals surface area contributed by atoms with Crippen molar-refractivity contribution in [3.05, 3.63) is 134 Å². The number of phosphoric acid groups is 1. The number of esters is 1. The van der Waals surface area contributed by atoms with Crippen LogP contribution in [0.25, 0.3) is 0 Å². The van der Waals surface area contributed by atoms with Crippen LogP contribution < -0.4 is 5.73 Å². The number of rotatable bonds is 38. The number of allylic oxidation sites excluding steroid dienone is 22. The van der Waals surface area contributed by atoms with Crippen molar-refractivity contribution in [1.82, 2.24) is 0 Å². The highest BCUT2D eigenvalue weighted by Gasteiger charge is 2.27. The summed E-state index contributed by atoms with van der Waals surface area (Å²) in [5.41, 5.74) is 5.34. The number of ether oxygens (including phenoxy) is 2. The number of carboxylic acid groups (broad SMARTS) is 1. The second kappa shape index (κ2) is 42.2. The Kier molecular flexibility index (Phi) is 39.5. The number of hydrogen-bond acceptors (Lipinski definition) is 8. The zero-order chi connectivity index (χ0) is 43.3. The molecular weight excluding hydrogens is 765 g/mol. The third-order valence-electron chi connectivity index (χ3n) is 7.93. The SMILES string of the molecule is CC/C=C\C/C=C\C/C=C\C/C=C\C/C=C\C/C=C\CCCOCC(COP(=O)(O)OCC(N)C(=O)O)OC(=O)CCC/C=C\C/C=C\C/C=C\C/C=C\C/C=C\CC. The quantitative estimate of drug-likeness (QED) is 0.0237. The van der Waals surface area contributed by atoms with Gasteiger partial charge in [-0.25, -0.2) is 4.57 Å². The summed E-state index contributed by atoms with van der Waals surface area (Å²) in [4.78, 5) is 33.5. The maximum Gasteiger partial charge on any atom is 0.472 e. The minimum absolute atomic E-state index is 0.0566. The standard InChI is InChI=1S/C48H74NO9P/c1-3-5-7-9-11-13-15-17-19-21-22-23-25-27-29-31-33-35-37-39-41-55-42-45(43-56-59(53,54)57-44-46(49)48(51)52)58-47(50)40-38-36-34-32-30-28-26-24-20-18-16-14-12-10-8-6-4-2/h5-8,11-14,17-20,22-23,26-29,32-35,45-46H,3-4,9-10,15-16,21,24-25,30-31,36-44,49H2,1-2H3,(H,51,52)(H,53,54)/b7-5-,8-6-,13-11-,14-12-,19-17-,20-18-,23-22-,28-26-,29-27-,34-32-,35-33-. The van der Waals surface area contributed by atoms with Crippen LogP contribution in [0.3, 0.4) is 0 Å². The van der Waals surface area contributed by atoms with Gasteiger partial charge in [0.2, 0.25) is 0 Å². The molecule has 0 heterocycles. The van der Waals surface area contributed by atoms with Crippen LogP contribution in [0.15, 0.2) is 134 Å². The maximum absolute atomic E-state index is 12.6. The Bertz CT molecular complexity index is 1440. The Hall–Kier alpha value is -3.89. The highest BCUT2D eigenvalue weighted by atomic mass is 31.2. The molecular formula is C48H74NO9P. The van der Waals surface area contributed by atoms with Crippen molar-refractivity contribution < 1.29 is 42.7 Å². The molecule has 11 heteroatoms. The molecule has 330 valence electrons. The lowest BCUT2D eigenvalue weighted by atomic mass is 10.2. The molecule has 3 unspecified atom stereocenters. The van der Waals surface area contributed by atoms with E-state index in [1.54, 1.807) is 0 Å². The molecule has 0 spiro atoms. The molecule has 0 radical (unpaired) electrons. The Morgan fingerprint density at radius 3 is 1.29 bits per heavy atom. The van der Waals surface area contributed by atoms with Gasteiger partial charge in [-0.2, -0.15) is 0 Å². The Balaban J connectivity index is 4.50. The number of unbranched alkanes of at least 4 members (excludes halogenated alkanes) is 2. The van der Waals surface area contributed by atoms with Crippen LogP contribution in [0.5, 0.6) is 0 Å². The molecule has 0 saturated heterocycles. The summed E-state index contributed by atoms with van der Waals surface area (Å²) in [6, 6.07) is -1.50. The first-order valence-electron chi connectivity index (χ1n) is 21.2. The Morgan fingerprint density at radius 2 is 0.898 bits per heavy atom. The molecule has 0 aromatic carbocycles. The fourth-order valence-electron chi connectivity index (χ4n) is 4.71. The average Bonchev–Trinajstić information content (AvgIpc) is 3.21. The highest BCUT2D eigenvalue weighted by molar-refractivity contribution is 7.47. The first kappa shape index (κ1) is 55.1. The molecule has 0 aliphatic rings. The van der Waals surface area contributed by atoms with Crippen LogP contribution >= 0.6 is 7.82 Å². The summed E-state index contributed by atoms with van der Waals surface area (Å²) in [5.74, 6) is -1.88. The van der Waals surface area contributed by atoms with Crippen molar-refractivity contribution in [3.63, 3.8) is 0 Å². The van der Waals surface area contributed by atoms with Crippen LogP contribution in [0, 0.1) is 0 Å². The summed E-state index contributed by atoms with van der Waals surface area (Å²) in [6.45, 7) is 3.38. The van der Waals surface area contributed by atoms with Gasteiger partial charge in [0.25, 0.3) is 0 Å². The highest BCUT2D eigenvalue weighted by Crippen LogP contribution is 2.43. The second-order valence-corrected chi connectivity index (χ2v) is 14.8. The van der Waals surface area contributed by atoms with E-state index in [-0.39, 0.29) is 13.0 Å². The van der Waals surface area contributed by atoms with Crippen LogP contribution in [0.4, 0.5) is 0 Å². The van der Waals surface area contributed by atoms with Gasteiger partial charge in [-0.05, 0) is 96.3 Å². The van der Waals surface area contributed by atoms with Gasteiger partial charge >= 0.3 is 19.8 Å². The van der Waals surface area contributed by atoms with E-state index < -0.39 is 45.1 Å². The zero-order valence-electron chi connectivity index (χ0n) is 35.8. The summed E-state index contributed by atoms with van der Waals surface area (Å²) in [7, 11) is -4.66. The fraction of sp³-hybridized carbons (Fsp3) is 0.500. The van der Waals surface area contributed by atoms with Gasteiger partial charge in [-0.15, -0.1) is 0 Å². The molecule has 0 saturated carbocycles. The number of carbonyl (C=O) groups excluding carboxylic acids is 1. The molecule has 0 fully saturated rings. The maximum atomic E-state index is 12.6. The third-order valence-corrected chi connectivity index (χ3v) is 8.88. The number of nitrogens with two attached hydrogens (primary N) is 1. The smallest absolute Gasteiger partial charge is 0.472 e. The second-order valence-electron chi connectivity index (χ2n) is 13.3. The number of carboxylic acids is 1. The van der Waals surface area contributed by atoms with Crippen LogP contribution in [0.2, 0.25) is 0 Å². The number of aliphatic carboxylic acids is 1. The predicted molar refractivity (Wildman–Crippen MR) is 244 cm³/mol. The number of phosphoric ester groups is 1.